The van der Waals surface area contributed by atoms with Crippen LogP contribution in [0.25, 0.3) is 0 Å². The third kappa shape index (κ3) is 1.73. The summed E-state index contributed by atoms with van der Waals surface area (Å²) in [4.78, 5) is 0. The molecule has 13 heavy (non-hydrogen) atoms. The molecule has 0 radical (unpaired) electrons. The maximum absolute atomic E-state index is 5.77. The molecule has 0 amide bonds. The van der Waals surface area contributed by atoms with Crippen molar-refractivity contribution in [3.63, 3.8) is 0 Å². The van der Waals surface area contributed by atoms with Crippen molar-refractivity contribution in [1.82, 2.24) is 0 Å². The van der Waals surface area contributed by atoms with E-state index in [4.69, 9.17) is 10.5 Å². The predicted molar refractivity (Wildman–Crippen MR) is 56.5 cm³/mol. The van der Waals surface area contributed by atoms with Crippen molar-refractivity contribution in [2.75, 3.05) is 5.73 Å². The minimum atomic E-state index is -0.0855. The Balaban J connectivity index is 0.000000845. The van der Waals surface area contributed by atoms with Gasteiger partial charge in [0.1, 0.15) is 11.4 Å². The third-order valence-corrected chi connectivity index (χ3v) is 2.12. The molecular weight excluding hydrogens is 186 g/mol. The second-order valence-corrected chi connectivity index (χ2v) is 3.87. The van der Waals surface area contributed by atoms with Crippen LogP contribution in [-0.2, 0) is 6.42 Å². The third-order valence-electron chi connectivity index (χ3n) is 2.12. The van der Waals surface area contributed by atoms with E-state index >= 15 is 0 Å². The minimum Gasteiger partial charge on any atom is -0.485 e. The zero-order chi connectivity index (χ0) is 8.77. The van der Waals surface area contributed by atoms with Gasteiger partial charge in [0.15, 0.2) is 0 Å². The number of hydrogen-bond donors (Lipinski definition) is 1. The van der Waals surface area contributed by atoms with E-state index in [0.29, 0.717) is 0 Å². The van der Waals surface area contributed by atoms with E-state index in [1.54, 1.807) is 0 Å². The van der Waals surface area contributed by atoms with Gasteiger partial charge in [-0.1, -0.05) is 12.1 Å². The Morgan fingerprint density at radius 1 is 1.38 bits per heavy atom. The second-order valence-electron chi connectivity index (χ2n) is 3.87. The number of anilines is 1. The summed E-state index contributed by atoms with van der Waals surface area (Å²) in [6, 6.07) is 5.92. The van der Waals surface area contributed by atoms with Crippen LogP contribution >= 0.6 is 12.4 Å². The van der Waals surface area contributed by atoms with Crippen LogP contribution in [0.5, 0.6) is 5.75 Å². The fourth-order valence-electron chi connectivity index (χ4n) is 1.64. The summed E-state index contributed by atoms with van der Waals surface area (Å²) in [7, 11) is 0. The minimum absolute atomic E-state index is 0. The Morgan fingerprint density at radius 2 is 2.08 bits per heavy atom. The Hall–Kier alpha value is -0.890. The molecule has 0 saturated carbocycles. The molecule has 72 valence electrons. The van der Waals surface area contributed by atoms with Crippen molar-refractivity contribution in [3.8, 4) is 5.75 Å². The summed E-state index contributed by atoms with van der Waals surface area (Å²) in [6.07, 6.45) is 0.952. The van der Waals surface area contributed by atoms with Crippen LogP contribution in [0.3, 0.4) is 0 Å². The maximum Gasteiger partial charge on any atom is 0.146 e. The van der Waals surface area contributed by atoms with Crippen LogP contribution in [0, 0.1) is 0 Å². The van der Waals surface area contributed by atoms with Gasteiger partial charge in [-0.2, -0.15) is 0 Å². The summed E-state index contributed by atoms with van der Waals surface area (Å²) in [5.74, 6) is 0.877. The normalized spacial score (nSPS) is 17.1. The fraction of sp³-hybridized carbons (Fsp3) is 0.400. The van der Waals surface area contributed by atoms with Crippen LogP contribution in [-0.4, -0.2) is 5.60 Å². The molecule has 0 aliphatic carbocycles. The first kappa shape index (κ1) is 10.2. The Bertz CT molecular complexity index is 323. The lowest BCUT2D eigenvalue weighted by Gasteiger charge is -2.17. The SMILES string of the molecule is CC1(C)Cc2cccc(N)c2O1.Cl. The van der Waals surface area contributed by atoms with Gasteiger partial charge in [-0.3, -0.25) is 0 Å². The lowest BCUT2D eigenvalue weighted by molar-refractivity contribution is 0.139. The largest absolute Gasteiger partial charge is 0.485 e. The van der Waals surface area contributed by atoms with Gasteiger partial charge in [-0.15, -0.1) is 12.4 Å². The second kappa shape index (κ2) is 3.11. The summed E-state index contributed by atoms with van der Waals surface area (Å²) in [5, 5.41) is 0. The summed E-state index contributed by atoms with van der Waals surface area (Å²) >= 11 is 0. The lowest BCUT2D eigenvalue weighted by atomic mass is 10.0. The number of fused-ring (bicyclic) bond motifs is 1. The number of rotatable bonds is 0. The van der Waals surface area contributed by atoms with E-state index < -0.39 is 0 Å². The lowest BCUT2D eigenvalue weighted by Crippen LogP contribution is -2.24. The van der Waals surface area contributed by atoms with Crippen LogP contribution in [0.2, 0.25) is 0 Å². The van der Waals surface area contributed by atoms with Gasteiger partial charge in [-0.25, -0.2) is 0 Å². The summed E-state index contributed by atoms with van der Waals surface area (Å²) in [5.41, 5.74) is 7.65. The van der Waals surface area contributed by atoms with Crippen LogP contribution < -0.4 is 10.5 Å². The molecule has 2 nitrogen and oxygen atoms in total. The number of nitrogens with two attached hydrogens (primary N) is 1. The molecule has 1 aliphatic heterocycles. The van der Waals surface area contributed by atoms with Crippen molar-refractivity contribution < 1.29 is 4.74 Å². The molecule has 0 atom stereocenters. The molecule has 1 aromatic carbocycles. The molecule has 0 fully saturated rings. The average Bonchev–Trinajstić information content (AvgIpc) is 2.25. The van der Waals surface area contributed by atoms with Gasteiger partial charge in [0.2, 0.25) is 0 Å². The van der Waals surface area contributed by atoms with E-state index in [1.807, 2.05) is 12.1 Å². The summed E-state index contributed by atoms with van der Waals surface area (Å²) < 4.78 is 5.70. The molecule has 0 spiro atoms. The fourth-order valence-corrected chi connectivity index (χ4v) is 1.64. The van der Waals surface area contributed by atoms with Crippen molar-refractivity contribution >= 4 is 18.1 Å². The van der Waals surface area contributed by atoms with Gasteiger partial charge in [-0.05, 0) is 19.9 Å². The highest BCUT2D eigenvalue weighted by atomic mass is 35.5. The Labute approximate surface area is 84.5 Å². The zero-order valence-corrected chi connectivity index (χ0v) is 8.65. The molecule has 0 unspecified atom stereocenters. The number of ether oxygens (including phenoxy) is 1. The molecule has 2 N–H and O–H groups in total. The van der Waals surface area contributed by atoms with Crippen molar-refractivity contribution in [3.05, 3.63) is 23.8 Å². The van der Waals surface area contributed by atoms with Gasteiger partial charge < -0.3 is 10.5 Å². The highest BCUT2D eigenvalue weighted by Gasteiger charge is 2.30. The number of nitrogen functional groups attached to an aromatic ring is 1. The standard InChI is InChI=1S/C10H13NO.ClH/c1-10(2)6-7-4-3-5-8(11)9(7)12-10;/h3-5H,6,11H2,1-2H3;1H. The smallest absolute Gasteiger partial charge is 0.146 e. The Morgan fingerprint density at radius 3 is 2.69 bits per heavy atom. The van der Waals surface area contributed by atoms with Crippen LogP contribution in [0.4, 0.5) is 5.69 Å². The van der Waals surface area contributed by atoms with Crippen LogP contribution in [0.15, 0.2) is 18.2 Å². The van der Waals surface area contributed by atoms with Gasteiger partial charge in [0, 0.05) is 12.0 Å². The number of halogens is 1. The monoisotopic (exact) mass is 199 g/mol. The first-order valence-corrected chi connectivity index (χ1v) is 4.15. The van der Waals surface area contributed by atoms with E-state index in [2.05, 4.69) is 19.9 Å². The van der Waals surface area contributed by atoms with E-state index in [9.17, 15) is 0 Å². The molecule has 3 heteroatoms. The number of benzene rings is 1. The molecule has 0 aromatic heterocycles. The summed E-state index contributed by atoms with van der Waals surface area (Å²) in [6.45, 7) is 4.15. The predicted octanol–water partition coefficient (Wildman–Crippen LogP) is 2.40. The van der Waals surface area contributed by atoms with E-state index in [1.165, 1.54) is 5.56 Å². The van der Waals surface area contributed by atoms with Crippen LogP contribution in [0.1, 0.15) is 19.4 Å². The van der Waals surface area contributed by atoms with E-state index in [-0.39, 0.29) is 18.0 Å². The first-order valence-electron chi connectivity index (χ1n) is 4.15. The Kier molecular flexibility index (Phi) is 2.44. The van der Waals surface area contributed by atoms with E-state index in [0.717, 1.165) is 17.9 Å². The van der Waals surface area contributed by atoms with Crippen molar-refractivity contribution in [1.29, 1.82) is 0 Å². The molecule has 0 bridgehead atoms. The molecule has 2 rings (SSSR count). The highest BCUT2D eigenvalue weighted by Crippen LogP contribution is 2.38. The number of hydrogen-bond acceptors (Lipinski definition) is 2. The van der Waals surface area contributed by atoms with Gasteiger partial charge in [0.05, 0.1) is 5.69 Å². The first-order chi connectivity index (χ1) is 5.58. The van der Waals surface area contributed by atoms with Gasteiger partial charge >= 0.3 is 0 Å². The quantitative estimate of drug-likeness (QED) is 0.652. The zero-order valence-electron chi connectivity index (χ0n) is 7.83. The molecule has 0 saturated heterocycles. The molecule has 1 aromatic rings. The average molecular weight is 200 g/mol. The van der Waals surface area contributed by atoms with Crippen molar-refractivity contribution in [2.24, 2.45) is 0 Å². The topological polar surface area (TPSA) is 35.2 Å². The van der Waals surface area contributed by atoms with Crippen molar-refractivity contribution in [2.45, 2.75) is 25.9 Å². The number of para-hydroxylation sites is 1. The van der Waals surface area contributed by atoms with Gasteiger partial charge in [0.25, 0.3) is 0 Å². The molecular formula is C10H14ClNO. The highest BCUT2D eigenvalue weighted by molar-refractivity contribution is 5.85. The molecule has 1 aliphatic rings. The maximum atomic E-state index is 5.77. The molecule has 1 heterocycles.